The van der Waals surface area contributed by atoms with E-state index in [1.54, 1.807) is 0 Å². The fourth-order valence-corrected chi connectivity index (χ4v) is 3.22. The molecule has 0 heteroatoms. The molecule has 33 heavy (non-hydrogen) atoms. The zero-order valence-corrected chi connectivity index (χ0v) is 19.2. The summed E-state index contributed by atoms with van der Waals surface area (Å²) in [6, 6.07) is 30.7. The predicted octanol–water partition coefficient (Wildman–Crippen LogP) is 6.81. The van der Waals surface area contributed by atoms with Gasteiger partial charge in [0, 0.05) is 33.4 Å². The van der Waals surface area contributed by atoms with E-state index in [0.29, 0.717) is 0 Å². The molecule has 0 N–H and O–H groups in total. The van der Waals surface area contributed by atoms with E-state index in [1.807, 2.05) is 48.5 Å². The maximum absolute atomic E-state index is 3.28. The van der Waals surface area contributed by atoms with Gasteiger partial charge in [-0.25, -0.2) is 0 Å². The Morgan fingerprint density at radius 2 is 0.697 bits per heavy atom. The van der Waals surface area contributed by atoms with Crippen LogP contribution in [0.5, 0.6) is 0 Å². The molecule has 0 aliphatic heterocycles. The van der Waals surface area contributed by atoms with Crippen LogP contribution in [-0.4, -0.2) is 0 Å². The van der Waals surface area contributed by atoms with Gasteiger partial charge < -0.3 is 0 Å². The monoisotopic (exact) mass is 420 g/mol. The smallest absolute Gasteiger partial charge is 0.0279 e. The Bertz CT molecular complexity index is 1450. The molecule has 0 aromatic heterocycles. The molecule has 156 valence electrons. The predicted molar refractivity (Wildman–Crippen MR) is 138 cm³/mol. The van der Waals surface area contributed by atoms with E-state index in [-0.39, 0.29) is 0 Å². The Hall–Kier alpha value is -4.44. The zero-order chi connectivity index (χ0) is 23.0. The molecule has 0 fully saturated rings. The van der Waals surface area contributed by atoms with Gasteiger partial charge in [0.1, 0.15) is 0 Å². The summed E-state index contributed by atoms with van der Waals surface area (Å²) >= 11 is 0. The molecular weight excluding hydrogens is 396 g/mol. The summed E-state index contributed by atoms with van der Waals surface area (Å²) in [7, 11) is 0. The van der Waals surface area contributed by atoms with Crippen LogP contribution < -0.4 is 0 Å². The van der Waals surface area contributed by atoms with Crippen molar-refractivity contribution in [1.29, 1.82) is 0 Å². The van der Waals surface area contributed by atoms with Crippen molar-refractivity contribution in [2.75, 3.05) is 0 Å². The lowest BCUT2D eigenvalue weighted by atomic mass is 10.0. The van der Waals surface area contributed by atoms with Crippen molar-refractivity contribution in [3.8, 4) is 35.5 Å². The minimum Gasteiger partial charge on any atom is -0.0617 e. The van der Waals surface area contributed by atoms with Gasteiger partial charge in [0.05, 0.1) is 0 Å². The van der Waals surface area contributed by atoms with Crippen LogP contribution in [0, 0.1) is 56.3 Å². The number of benzene rings is 4. The third kappa shape index (κ3) is 6.28. The Labute approximate surface area is 197 Å². The fraction of sp³-hybridized carbons (Fsp3) is 0.0909. The topological polar surface area (TPSA) is 0 Å². The highest BCUT2D eigenvalue weighted by Gasteiger charge is 1.97. The molecule has 0 spiro atoms. The molecule has 4 aromatic carbocycles. The Kier molecular flexibility index (Phi) is 6.76. The third-order valence-electron chi connectivity index (χ3n) is 5.26. The summed E-state index contributed by atoms with van der Waals surface area (Å²) in [4.78, 5) is 0. The van der Waals surface area contributed by atoms with Gasteiger partial charge in [-0.2, -0.15) is 0 Å². The van der Waals surface area contributed by atoms with Crippen LogP contribution in [-0.2, 0) is 0 Å². The van der Waals surface area contributed by atoms with Crippen molar-refractivity contribution in [3.63, 3.8) is 0 Å². The summed E-state index contributed by atoms with van der Waals surface area (Å²) in [6.07, 6.45) is 0. The first kappa shape index (κ1) is 21.8. The highest BCUT2D eigenvalue weighted by atomic mass is 14.0. The van der Waals surface area contributed by atoms with Crippen LogP contribution in [0.3, 0.4) is 0 Å². The molecule has 0 aliphatic rings. The lowest BCUT2D eigenvalue weighted by Crippen LogP contribution is -1.85. The first-order valence-corrected chi connectivity index (χ1v) is 11.0. The molecule has 4 rings (SSSR count). The van der Waals surface area contributed by atoms with Crippen molar-refractivity contribution in [2.45, 2.75) is 20.8 Å². The molecule has 0 nitrogen and oxygen atoms in total. The third-order valence-corrected chi connectivity index (χ3v) is 5.26. The van der Waals surface area contributed by atoms with Gasteiger partial charge in [0.25, 0.3) is 0 Å². The second kappa shape index (κ2) is 10.2. The van der Waals surface area contributed by atoms with Crippen molar-refractivity contribution < 1.29 is 0 Å². The van der Waals surface area contributed by atoms with E-state index in [4.69, 9.17) is 0 Å². The molecule has 0 aliphatic carbocycles. The fourth-order valence-electron chi connectivity index (χ4n) is 3.22. The molecule has 0 saturated heterocycles. The number of rotatable bonds is 0. The lowest BCUT2D eigenvalue weighted by Gasteiger charge is -1.99. The van der Waals surface area contributed by atoms with Gasteiger partial charge >= 0.3 is 0 Å². The number of hydrogen-bond acceptors (Lipinski definition) is 0. The van der Waals surface area contributed by atoms with Crippen LogP contribution in [0.2, 0.25) is 0 Å². The van der Waals surface area contributed by atoms with E-state index >= 15 is 0 Å². The Morgan fingerprint density at radius 1 is 0.364 bits per heavy atom. The van der Waals surface area contributed by atoms with Crippen LogP contribution in [0.1, 0.15) is 50.1 Å². The quantitative estimate of drug-likeness (QED) is 0.274. The molecule has 0 amide bonds. The molecule has 0 heterocycles. The normalized spacial score (nSPS) is 9.55. The number of hydrogen-bond donors (Lipinski definition) is 0. The van der Waals surface area contributed by atoms with Crippen molar-refractivity contribution in [3.05, 3.63) is 141 Å². The SMILES string of the molecule is Cc1ccc(C#Cc2ccc(C#Cc3ccc(C#Cc4ccc(C)cc4)cc3C)cc2)cc1. The molecule has 0 saturated carbocycles. The molecular formula is C33H24. The van der Waals surface area contributed by atoms with Crippen LogP contribution in [0.15, 0.2) is 91.0 Å². The van der Waals surface area contributed by atoms with Gasteiger partial charge in [-0.15, -0.1) is 0 Å². The second-order valence-electron chi connectivity index (χ2n) is 8.09. The van der Waals surface area contributed by atoms with E-state index in [0.717, 1.165) is 38.9 Å². The van der Waals surface area contributed by atoms with Crippen molar-refractivity contribution >= 4 is 0 Å². The van der Waals surface area contributed by atoms with Gasteiger partial charge in [0.2, 0.25) is 0 Å². The molecule has 0 bridgehead atoms. The molecule has 0 unspecified atom stereocenters. The minimum absolute atomic E-state index is 0.971. The maximum Gasteiger partial charge on any atom is 0.0279 e. The summed E-state index contributed by atoms with van der Waals surface area (Å²) in [5, 5.41) is 0. The average Bonchev–Trinajstić information content (AvgIpc) is 2.83. The van der Waals surface area contributed by atoms with E-state index < -0.39 is 0 Å². The molecule has 0 atom stereocenters. The van der Waals surface area contributed by atoms with E-state index in [9.17, 15) is 0 Å². The standard InChI is InChI=1S/C33H24/c1-25-4-8-28(9-5-25)12-13-30-14-16-31(17-15-30)20-22-33-23-21-32(24-27(33)3)19-18-29-10-6-26(2)7-11-29/h4-11,14-17,21,23-24H,1-3H3. The van der Waals surface area contributed by atoms with Gasteiger partial charge in [-0.3, -0.25) is 0 Å². The average molecular weight is 421 g/mol. The summed E-state index contributed by atoms with van der Waals surface area (Å²) in [5.41, 5.74) is 9.61. The van der Waals surface area contributed by atoms with Gasteiger partial charge in [-0.05, 0) is 93.1 Å². The number of aryl methyl sites for hydroxylation is 3. The Balaban J connectivity index is 1.45. The van der Waals surface area contributed by atoms with Crippen molar-refractivity contribution in [2.24, 2.45) is 0 Å². The van der Waals surface area contributed by atoms with E-state index in [1.165, 1.54) is 11.1 Å². The van der Waals surface area contributed by atoms with Crippen LogP contribution in [0.4, 0.5) is 0 Å². The first-order valence-electron chi connectivity index (χ1n) is 11.0. The molecule has 4 aromatic rings. The minimum atomic E-state index is 0.971. The summed E-state index contributed by atoms with van der Waals surface area (Å²) < 4.78 is 0. The zero-order valence-electron chi connectivity index (χ0n) is 19.2. The van der Waals surface area contributed by atoms with Crippen LogP contribution >= 0.6 is 0 Å². The van der Waals surface area contributed by atoms with Gasteiger partial charge in [0.15, 0.2) is 0 Å². The van der Waals surface area contributed by atoms with Crippen molar-refractivity contribution in [1.82, 2.24) is 0 Å². The first-order chi connectivity index (χ1) is 16.0. The van der Waals surface area contributed by atoms with E-state index in [2.05, 4.69) is 98.8 Å². The largest absolute Gasteiger partial charge is 0.0617 e. The van der Waals surface area contributed by atoms with Crippen LogP contribution in [0.25, 0.3) is 0 Å². The van der Waals surface area contributed by atoms with Gasteiger partial charge in [-0.1, -0.05) is 70.9 Å². The highest BCUT2D eigenvalue weighted by molar-refractivity contribution is 5.52. The molecule has 0 radical (unpaired) electrons. The summed E-state index contributed by atoms with van der Waals surface area (Å²) in [5.74, 6) is 19.4. The second-order valence-corrected chi connectivity index (χ2v) is 8.09. The maximum atomic E-state index is 3.28. The Morgan fingerprint density at radius 3 is 1.12 bits per heavy atom. The lowest BCUT2D eigenvalue weighted by molar-refractivity contribution is 1.42. The summed E-state index contributed by atoms with van der Waals surface area (Å²) in [6.45, 7) is 6.23. The highest BCUT2D eigenvalue weighted by Crippen LogP contribution is 2.11.